The topological polar surface area (TPSA) is 98.4 Å². The molecule has 0 bridgehead atoms. The minimum atomic E-state index is -0.324. The molecule has 0 saturated carbocycles. The smallest absolute Gasteiger partial charge is 0 e. The quantitative estimate of drug-likeness (QED) is 0.363. The van der Waals surface area contributed by atoms with Gasteiger partial charge in [0.15, 0.2) is 0 Å². The van der Waals surface area contributed by atoms with E-state index in [1.54, 1.807) is 6.21 Å². The van der Waals surface area contributed by atoms with Crippen molar-refractivity contribution in [3.63, 3.8) is 0 Å². The van der Waals surface area contributed by atoms with E-state index >= 15 is 0 Å². The van der Waals surface area contributed by atoms with Crippen LogP contribution in [0.25, 0.3) is 0 Å². The maximum absolute atomic E-state index is 10.8. The molecule has 0 amide bonds. The largest absolute Gasteiger partial charge is 0 e. The van der Waals surface area contributed by atoms with Crippen LogP contribution in [0, 0.1) is 26.9 Å². The second-order valence-electron chi connectivity index (χ2n) is 2.90. The van der Waals surface area contributed by atoms with Gasteiger partial charge in [-0.3, -0.25) is 9.79 Å². The van der Waals surface area contributed by atoms with Gasteiger partial charge >= 0.3 is 39.9 Å². The van der Waals surface area contributed by atoms with Crippen LogP contribution in [-0.2, 0) is 40.8 Å². The number of nitrogens with zero attached hydrogens (tertiary/aromatic N) is 1. The Morgan fingerprint density at radius 2 is 1.67 bits per heavy atom. The van der Waals surface area contributed by atoms with Gasteiger partial charge in [-0.25, -0.2) is 0 Å². The number of esters is 1. The van der Waals surface area contributed by atoms with Crippen LogP contribution in [0.3, 0.4) is 0 Å². The Kier molecular flexibility index (Phi) is 30.4. The first-order chi connectivity index (χ1) is 9.74. The standard InChI is InChI=1S/C11H13NO2.3CO.Cr/c1-9-5-3-4-6-10(9)7-12-8-11(13)14-2;3*1-2;/h3-7H,8H2,1-2H3;;;;. The molecule has 0 fully saturated rings. The summed E-state index contributed by atoms with van der Waals surface area (Å²) in [6.07, 6.45) is 1.69. The number of methoxy groups -OCH3 is 1. The van der Waals surface area contributed by atoms with E-state index in [4.69, 9.17) is 14.0 Å². The molecular formula is C14H13CrNO5. The van der Waals surface area contributed by atoms with Crippen molar-refractivity contribution in [2.75, 3.05) is 13.7 Å². The number of hydrogen-bond donors (Lipinski definition) is 0. The van der Waals surface area contributed by atoms with Crippen LogP contribution in [0.1, 0.15) is 11.1 Å². The molecule has 0 spiro atoms. The average molecular weight is 327 g/mol. The van der Waals surface area contributed by atoms with Crippen molar-refractivity contribution in [1.82, 2.24) is 0 Å². The monoisotopic (exact) mass is 327 g/mol. The maximum Gasteiger partial charge on any atom is 0 e. The second-order valence-corrected chi connectivity index (χ2v) is 2.90. The Morgan fingerprint density at radius 3 is 2.10 bits per heavy atom. The first-order valence-corrected chi connectivity index (χ1v) is 4.97. The third-order valence-electron chi connectivity index (χ3n) is 1.87. The zero-order chi connectivity index (χ0) is 16.4. The molecule has 1 rings (SSSR count). The van der Waals surface area contributed by atoms with Gasteiger partial charge in [-0.15, -0.1) is 0 Å². The Morgan fingerprint density at radius 1 is 1.19 bits per heavy atom. The summed E-state index contributed by atoms with van der Waals surface area (Å²) in [5, 5.41) is 0. The van der Waals surface area contributed by atoms with Gasteiger partial charge in [0.25, 0.3) is 0 Å². The fraction of sp³-hybridized carbons (Fsp3) is 0.214. The molecule has 1 aromatic rings. The number of rotatable bonds is 3. The van der Waals surface area contributed by atoms with Crippen molar-refractivity contribution < 1.29 is 40.8 Å². The molecule has 6 nitrogen and oxygen atoms in total. The Labute approximate surface area is 134 Å². The molecule has 1 aromatic carbocycles. The molecule has 7 heteroatoms. The Bertz CT molecular complexity index is 452. The summed E-state index contributed by atoms with van der Waals surface area (Å²) in [4.78, 5) is 14.7. The van der Waals surface area contributed by atoms with Crippen molar-refractivity contribution in [3.05, 3.63) is 55.3 Å². The van der Waals surface area contributed by atoms with E-state index in [-0.39, 0.29) is 29.9 Å². The summed E-state index contributed by atoms with van der Waals surface area (Å²) in [5.41, 5.74) is 2.16. The number of carbonyl (C=O) groups excluding carboxylic acids is 1. The van der Waals surface area contributed by atoms with Crippen LogP contribution in [-0.4, -0.2) is 25.8 Å². The van der Waals surface area contributed by atoms with E-state index in [1.807, 2.05) is 31.2 Å². The van der Waals surface area contributed by atoms with Gasteiger partial charge in [-0.05, 0) is 18.1 Å². The zero-order valence-corrected chi connectivity index (χ0v) is 12.8. The maximum atomic E-state index is 10.8. The molecule has 0 aliphatic heterocycles. The van der Waals surface area contributed by atoms with Gasteiger partial charge in [0, 0.05) is 23.6 Å². The molecule has 0 radical (unpaired) electrons. The summed E-state index contributed by atoms with van der Waals surface area (Å²) in [5.74, 6) is -0.324. The zero-order valence-electron chi connectivity index (χ0n) is 11.5. The van der Waals surface area contributed by atoms with Crippen LogP contribution in [0.5, 0.6) is 0 Å². The summed E-state index contributed by atoms with van der Waals surface area (Å²) < 4.78 is 27.0. The first kappa shape index (κ1) is 27.5. The minimum Gasteiger partial charge on any atom is 0 e. The van der Waals surface area contributed by atoms with Crippen molar-refractivity contribution in [3.8, 4) is 0 Å². The third kappa shape index (κ3) is 16.1. The van der Waals surface area contributed by atoms with Gasteiger partial charge in [0.05, 0.1) is 7.11 Å². The van der Waals surface area contributed by atoms with Crippen molar-refractivity contribution in [2.45, 2.75) is 6.92 Å². The predicted molar refractivity (Wildman–Crippen MR) is 67.4 cm³/mol. The molecule has 0 unspecified atom stereocenters. The minimum absolute atomic E-state index is 0. The van der Waals surface area contributed by atoms with Gasteiger partial charge < -0.3 is 4.74 Å². The van der Waals surface area contributed by atoms with Crippen LogP contribution < -0.4 is 0 Å². The van der Waals surface area contributed by atoms with Crippen molar-refractivity contribution in [1.29, 1.82) is 0 Å². The summed E-state index contributed by atoms with van der Waals surface area (Å²) in [6, 6.07) is 7.86. The molecule has 0 N–H and O–H groups in total. The van der Waals surface area contributed by atoms with Gasteiger partial charge in [0.2, 0.25) is 0 Å². The summed E-state index contributed by atoms with van der Waals surface area (Å²) >= 11 is 0. The van der Waals surface area contributed by atoms with E-state index in [2.05, 4.69) is 29.7 Å². The number of benzene rings is 1. The Balaban J connectivity index is -0.000000183. The van der Waals surface area contributed by atoms with Gasteiger partial charge in [0.1, 0.15) is 6.54 Å². The van der Waals surface area contributed by atoms with E-state index in [0.29, 0.717) is 0 Å². The van der Waals surface area contributed by atoms with Gasteiger partial charge in [-0.2, -0.15) is 0 Å². The number of aliphatic imine (C=N–C) groups is 1. The van der Waals surface area contributed by atoms with Crippen LogP contribution in [0.4, 0.5) is 0 Å². The van der Waals surface area contributed by atoms with Crippen LogP contribution in [0.15, 0.2) is 29.3 Å². The second kappa shape index (κ2) is 23.2. The fourth-order valence-corrected chi connectivity index (χ4v) is 1.01. The van der Waals surface area contributed by atoms with Crippen molar-refractivity contribution >= 4 is 12.2 Å². The molecule has 0 aromatic heterocycles. The van der Waals surface area contributed by atoms with Crippen LogP contribution in [0.2, 0.25) is 0 Å². The third-order valence-corrected chi connectivity index (χ3v) is 1.87. The first-order valence-electron chi connectivity index (χ1n) is 4.97. The molecule has 0 heterocycles. The van der Waals surface area contributed by atoms with E-state index < -0.39 is 0 Å². The number of carbonyl (C=O) groups is 1. The average Bonchev–Trinajstić information content (AvgIpc) is 2.55. The van der Waals surface area contributed by atoms with E-state index in [1.165, 1.54) is 7.11 Å². The normalized spacial score (nSPS) is 7.24. The molecule has 0 atom stereocenters. The van der Waals surface area contributed by atoms with Gasteiger partial charge in [-0.1, -0.05) is 24.3 Å². The van der Waals surface area contributed by atoms with Crippen LogP contribution >= 0.6 is 0 Å². The van der Waals surface area contributed by atoms with E-state index in [9.17, 15) is 4.79 Å². The molecule has 0 aliphatic rings. The molecule has 21 heavy (non-hydrogen) atoms. The molecular weight excluding hydrogens is 314 g/mol. The van der Waals surface area contributed by atoms with Crippen molar-refractivity contribution in [2.24, 2.45) is 4.99 Å². The molecule has 0 saturated heterocycles. The molecule has 0 aliphatic carbocycles. The number of hydrogen-bond acceptors (Lipinski definition) is 3. The fourth-order valence-electron chi connectivity index (χ4n) is 1.01. The number of aryl methyl sites for hydroxylation is 1. The number of ether oxygens (including phenoxy) is 1. The summed E-state index contributed by atoms with van der Waals surface area (Å²) in [7, 11) is 1.35. The predicted octanol–water partition coefficient (Wildman–Crippen LogP) is 1.47. The van der Waals surface area contributed by atoms with E-state index in [0.717, 1.165) is 11.1 Å². The molecule has 110 valence electrons. The SMILES string of the molecule is COC(=O)CN=Cc1ccccc1C.[C-]#[O+].[C-]#[O+].[C-]#[O+].[Cr]. The Hall–Kier alpha value is -1.89. The summed E-state index contributed by atoms with van der Waals surface area (Å²) in [6.45, 7) is 15.6.